The Balaban J connectivity index is 1.31. The number of hydrogen-bond donors (Lipinski definition) is 3. The molecule has 0 bridgehead atoms. The van der Waals surface area contributed by atoms with Gasteiger partial charge in [-0.05, 0) is 30.2 Å². The molecule has 2 amide bonds. The van der Waals surface area contributed by atoms with E-state index in [-0.39, 0.29) is 34.7 Å². The lowest BCUT2D eigenvalue weighted by Crippen LogP contribution is -2.40. The van der Waals surface area contributed by atoms with Crippen LogP contribution in [0.4, 0.5) is 5.69 Å². The Morgan fingerprint density at radius 3 is 2.52 bits per heavy atom. The molecule has 3 N–H and O–H groups in total. The number of pyridine rings is 1. The average Bonchev–Trinajstić information content (AvgIpc) is 3.64. The quantitative estimate of drug-likeness (QED) is 0.237. The van der Waals surface area contributed by atoms with Gasteiger partial charge in [-0.2, -0.15) is 5.10 Å². The van der Waals surface area contributed by atoms with Gasteiger partial charge in [0.1, 0.15) is 5.56 Å². The molecule has 0 unspecified atom stereocenters. The van der Waals surface area contributed by atoms with Gasteiger partial charge >= 0.3 is 0 Å². The first-order chi connectivity index (χ1) is 22.2. The van der Waals surface area contributed by atoms with Crippen LogP contribution < -0.4 is 26.2 Å². The van der Waals surface area contributed by atoms with Crippen molar-refractivity contribution < 1.29 is 19.1 Å². The minimum absolute atomic E-state index is 0.0610. The summed E-state index contributed by atoms with van der Waals surface area (Å²) in [4.78, 5) is 41.9. The van der Waals surface area contributed by atoms with Crippen LogP contribution in [-0.2, 0) is 23.0 Å². The van der Waals surface area contributed by atoms with Gasteiger partial charge in [-0.1, -0.05) is 53.5 Å². The largest absolute Gasteiger partial charge is 0.481 e. The first-order valence-electron chi connectivity index (χ1n) is 14.7. The van der Waals surface area contributed by atoms with Crippen LogP contribution in [0.1, 0.15) is 40.4 Å². The molecule has 0 saturated carbocycles. The summed E-state index contributed by atoms with van der Waals surface area (Å²) in [6.45, 7) is 0.605. The van der Waals surface area contributed by atoms with E-state index in [0.29, 0.717) is 58.4 Å². The highest BCUT2D eigenvalue weighted by Crippen LogP contribution is 2.44. The Morgan fingerprint density at radius 1 is 1.07 bits per heavy atom. The lowest BCUT2D eigenvalue weighted by molar-refractivity contribution is -0.119. The second kappa shape index (κ2) is 13.2. The molecule has 1 aliphatic heterocycles. The number of halogens is 2. The molecule has 1 saturated heterocycles. The SMILES string of the molecule is COc1nc(-c2cccc(-c3cccc(NC(=O)c4ccnn(C)c4=O)c3Cl)c2Cl)cc2c1[C@@H](NC[C@@H]1CCC(=O)N1)[C@H](OC)C2. The van der Waals surface area contributed by atoms with Crippen LogP contribution in [0.25, 0.3) is 22.4 Å². The van der Waals surface area contributed by atoms with Gasteiger partial charge in [0, 0.05) is 68.0 Å². The molecule has 13 heteroatoms. The van der Waals surface area contributed by atoms with Gasteiger partial charge in [-0.25, -0.2) is 9.67 Å². The fraction of sp³-hybridized carbons (Fsp3) is 0.303. The molecule has 1 aliphatic carbocycles. The van der Waals surface area contributed by atoms with E-state index in [2.05, 4.69) is 21.0 Å². The molecule has 3 heterocycles. The highest BCUT2D eigenvalue weighted by molar-refractivity contribution is 6.39. The third-order valence-corrected chi connectivity index (χ3v) is 9.25. The summed E-state index contributed by atoms with van der Waals surface area (Å²) in [6, 6.07) is 14.0. The monoisotopic (exact) mass is 662 g/mol. The molecule has 3 atom stereocenters. The van der Waals surface area contributed by atoms with Gasteiger partial charge in [-0.15, -0.1) is 0 Å². The number of fused-ring (bicyclic) bond motifs is 1. The van der Waals surface area contributed by atoms with Crippen LogP contribution >= 0.6 is 23.2 Å². The van der Waals surface area contributed by atoms with Gasteiger partial charge < -0.3 is 25.4 Å². The summed E-state index contributed by atoms with van der Waals surface area (Å²) in [6.07, 6.45) is 3.19. The minimum Gasteiger partial charge on any atom is -0.481 e. The van der Waals surface area contributed by atoms with Crippen molar-refractivity contribution in [1.29, 1.82) is 0 Å². The molecule has 2 aromatic carbocycles. The number of aromatic nitrogens is 3. The summed E-state index contributed by atoms with van der Waals surface area (Å²) in [5, 5.41) is 13.8. The van der Waals surface area contributed by atoms with Crippen LogP contribution in [-0.4, -0.2) is 59.5 Å². The fourth-order valence-electron chi connectivity index (χ4n) is 6.09. The molecule has 1 fully saturated rings. The zero-order valence-electron chi connectivity index (χ0n) is 25.4. The van der Waals surface area contributed by atoms with E-state index in [1.54, 1.807) is 32.4 Å². The number of carbonyl (C=O) groups is 2. The molecule has 238 valence electrons. The number of methoxy groups -OCH3 is 2. The maximum absolute atomic E-state index is 12.9. The number of nitrogens with zero attached hydrogens (tertiary/aromatic N) is 3. The Kier molecular flexibility index (Phi) is 9.10. The molecule has 46 heavy (non-hydrogen) atoms. The van der Waals surface area contributed by atoms with Crippen molar-refractivity contribution in [2.24, 2.45) is 7.05 Å². The molecule has 0 spiro atoms. The van der Waals surface area contributed by atoms with E-state index < -0.39 is 11.5 Å². The van der Waals surface area contributed by atoms with Crippen LogP contribution in [0.5, 0.6) is 5.88 Å². The summed E-state index contributed by atoms with van der Waals surface area (Å²) >= 11 is 13.9. The normalized spacial score (nSPS) is 18.7. The molecular formula is C33H32Cl2N6O5. The third-order valence-electron chi connectivity index (χ3n) is 8.44. The Bertz CT molecular complexity index is 1900. The van der Waals surface area contributed by atoms with Crippen molar-refractivity contribution in [2.75, 3.05) is 26.1 Å². The van der Waals surface area contributed by atoms with Gasteiger partial charge in [0.25, 0.3) is 11.5 Å². The summed E-state index contributed by atoms with van der Waals surface area (Å²) < 4.78 is 12.7. The van der Waals surface area contributed by atoms with E-state index in [0.717, 1.165) is 22.2 Å². The third kappa shape index (κ3) is 5.99. The van der Waals surface area contributed by atoms with Crippen molar-refractivity contribution >= 4 is 40.7 Å². The van der Waals surface area contributed by atoms with Crippen LogP contribution in [0.15, 0.2) is 59.5 Å². The Hall–Kier alpha value is -4.29. The first kappa shape index (κ1) is 31.7. The standard InChI is InChI=1S/C33H32Cl2N6O5/c1-41-33(44)22(12-13-37-41)31(43)39-23-9-5-7-20(29(23)35)19-6-4-8-21(28(19)34)24-14-17-15-25(45-2)30(27(17)32(40-24)46-3)36-16-18-10-11-26(42)38-18/h4-9,12-14,18,25,30,36H,10-11,15-16H2,1-3H3,(H,38,42)(H,39,43)/t18-,25+,30-/m0/s1. The van der Waals surface area contributed by atoms with Crippen molar-refractivity contribution in [1.82, 2.24) is 25.4 Å². The molecule has 2 aromatic heterocycles. The average molecular weight is 664 g/mol. The Morgan fingerprint density at radius 2 is 1.80 bits per heavy atom. The molecule has 6 rings (SSSR count). The van der Waals surface area contributed by atoms with Crippen molar-refractivity contribution in [3.8, 4) is 28.3 Å². The Labute approximate surface area is 275 Å². The summed E-state index contributed by atoms with van der Waals surface area (Å²) in [7, 11) is 4.73. The van der Waals surface area contributed by atoms with E-state index in [4.69, 9.17) is 37.7 Å². The van der Waals surface area contributed by atoms with Crippen molar-refractivity contribution in [3.05, 3.63) is 91.8 Å². The number of nitrogens with one attached hydrogen (secondary N) is 3. The molecule has 0 radical (unpaired) electrons. The molecular weight excluding hydrogens is 631 g/mol. The number of carbonyl (C=O) groups excluding carboxylic acids is 2. The minimum atomic E-state index is -0.605. The van der Waals surface area contributed by atoms with Gasteiger partial charge in [-0.3, -0.25) is 14.4 Å². The van der Waals surface area contributed by atoms with Gasteiger partial charge in [0.05, 0.1) is 40.7 Å². The van der Waals surface area contributed by atoms with Gasteiger partial charge in [0.15, 0.2) is 0 Å². The molecule has 2 aliphatic rings. The second-order valence-corrected chi connectivity index (χ2v) is 12.0. The summed E-state index contributed by atoms with van der Waals surface area (Å²) in [5.41, 5.74) is 4.19. The van der Waals surface area contributed by atoms with Crippen molar-refractivity contribution in [3.63, 3.8) is 0 Å². The van der Waals surface area contributed by atoms with E-state index in [1.165, 1.54) is 19.3 Å². The van der Waals surface area contributed by atoms with Crippen LogP contribution in [0.2, 0.25) is 10.0 Å². The maximum Gasteiger partial charge on any atom is 0.279 e. The zero-order chi connectivity index (χ0) is 32.5. The topological polar surface area (TPSA) is 136 Å². The van der Waals surface area contributed by atoms with E-state index in [1.807, 2.05) is 24.3 Å². The number of ether oxygens (including phenoxy) is 2. The number of aryl methyl sites for hydroxylation is 1. The predicted octanol–water partition coefficient (Wildman–Crippen LogP) is 4.56. The first-order valence-corrected chi connectivity index (χ1v) is 15.5. The smallest absolute Gasteiger partial charge is 0.279 e. The molecule has 11 nitrogen and oxygen atoms in total. The lowest BCUT2D eigenvalue weighted by atomic mass is 9.99. The van der Waals surface area contributed by atoms with E-state index >= 15 is 0 Å². The van der Waals surface area contributed by atoms with Crippen LogP contribution in [0.3, 0.4) is 0 Å². The number of rotatable bonds is 9. The van der Waals surface area contributed by atoms with Gasteiger partial charge in [0.2, 0.25) is 11.8 Å². The number of benzene rings is 2. The number of amides is 2. The highest BCUT2D eigenvalue weighted by atomic mass is 35.5. The van der Waals surface area contributed by atoms with Crippen LogP contribution in [0, 0.1) is 0 Å². The predicted molar refractivity (Wildman–Crippen MR) is 176 cm³/mol. The maximum atomic E-state index is 12.9. The highest BCUT2D eigenvalue weighted by Gasteiger charge is 2.37. The lowest BCUT2D eigenvalue weighted by Gasteiger charge is -2.23. The van der Waals surface area contributed by atoms with Crippen molar-refractivity contribution in [2.45, 2.75) is 37.5 Å². The van der Waals surface area contributed by atoms with E-state index in [9.17, 15) is 14.4 Å². The number of anilines is 1. The fourth-order valence-corrected chi connectivity index (χ4v) is 6.69. The summed E-state index contributed by atoms with van der Waals surface area (Å²) in [5.74, 6) is -0.0716. The molecule has 4 aromatic rings. The number of hydrogen-bond acceptors (Lipinski definition) is 8. The second-order valence-electron chi connectivity index (χ2n) is 11.2. The zero-order valence-corrected chi connectivity index (χ0v) is 26.9.